The number of para-hydroxylation sites is 1. The van der Waals surface area contributed by atoms with Crippen LogP contribution in [0.3, 0.4) is 0 Å². The van der Waals surface area contributed by atoms with Crippen molar-refractivity contribution in [2.45, 2.75) is 0 Å². The summed E-state index contributed by atoms with van der Waals surface area (Å²) >= 11 is 0. The lowest BCUT2D eigenvalue weighted by Crippen LogP contribution is -1.95. The molecule has 0 amide bonds. The summed E-state index contributed by atoms with van der Waals surface area (Å²) in [7, 11) is 0. The van der Waals surface area contributed by atoms with Crippen molar-refractivity contribution in [3.8, 4) is 22.3 Å². The quantitative estimate of drug-likeness (QED) is 0.285. The molecule has 0 spiro atoms. The minimum Gasteiger partial charge on any atom is -0.398 e. The van der Waals surface area contributed by atoms with Crippen molar-refractivity contribution in [2.24, 2.45) is 4.99 Å². The molecule has 0 saturated carbocycles. The highest BCUT2D eigenvalue weighted by Gasteiger charge is 2.11. The standard InChI is InChI=1S/C16H13N.C15H11N/c17-15-11-5-9-13-8-2-1-6-12-7-3-4-10-14(12)16(13)15;1-2-8-13-12(6-1)7-5-11-16-15-10-4-3-9-14(13)15/h1-11H,17H2;1-11H. The van der Waals surface area contributed by atoms with Crippen molar-refractivity contribution < 1.29 is 0 Å². The van der Waals surface area contributed by atoms with Crippen molar-refractivity contribution in [1.82, 2.24) is 0 Å². The van der Waals surface area contributed by atoms with Gasteiger partial charge in [-0.2, -0.15) is 0 Å². The van der Waals surface area contributed by atoms with E-state index in [4.69, 9.17) is 5.73 Å². The molecular weight excluding hydrogens is 400 g/mol. The topological polar surface area (TPSA) is 38.4 Å². The van der Waals surface area contributed by atoms with Crippen molar-refractivity contribution in [1.29, 1.82) is 0 Å². The minimum absolute atomic E-state index is 0.829. The highest BCUT2D eigenvalue weighted by molar-refractivity contribution is 5.92. The Morgan fingerprint density at radius 3 is 1.88 bits per heavy atom. The molecule has 2 N–H and O–H groups in total. The Morgan fingerprint density at radius 2 is 1.06 bits per heavy atom. The molecule has 0 radical (unpaired) electrons. The number of nitrogen functional groups attached to an aromatic ring is 1. The van der Waals surface area contributed by atoms with Gasteiger partial charge < -0.3 is 5.73 Å². The predicted molar refractivity (Wildman–Crippen MR) is 143 cm³/mol. The smallest absolute Gasteiger partial charge is 0.0708 e. The van der Waals surface area contributed by atoms with Crippen LogP contribution in [0.2, 0.25) is 0 Å². The Balaban J connectivity index is 0.000000139. The van der Waals surface area contributed by atoms with Crippen molar-refractivity contribution in [3.05, 3.63) is 126 Å². The lowest BCUT2D eigenvalue weighted by atomic mass is 9.92. The summed E-state index contributed by atoms with van der Waals surface area (Å²) in [6.45, 7) is 0. The van der Waals surface area contributed by atoms with E-state index < -0.39 is 0 Å². The zero-order chi connectivity index (χ0) is 22.5. The van der Waals surface area contributed by atoms with E-state index in [1.54, 1.807) is 0 Å². The number of hydrogen-bond acceptors (Lipinski definition) is 2. The van der Waals surface area contributed by atoms with Gasteiger partial charge in [-0.15, -0.1) is 0 Å². The first kappa shape index (κ1) is 20.5. The maximum atomic E-state index is 6.12. The van der Waals surface area contributed by atoms with E-state index in [9.17, 15) is 0 Å². The molecule has 2 nitrogen and oxygen atoms in total. The van der Waals surface area contributed by atoms with E-state index in [1.165, 1.54) is 33.4 Å². The monoisotopic (exact) mass is 424 g/mol. The Kier molecular flexibility index (Phi) is 5.81. The maximum Gasteiger partial charge on any atom is 0.0708 e. The number of hydrogen-bond donors (Lipinski definition) is 1. The molecule has 1 aliphatic heterocycles. The lowest BCUT2D eigenvalue weighted by molar-refractivity contribution is 1.50. The molecule has 158 valence electrons. The zero-order valence-corrected chi connectivity index (χ0v) is 18.2. The van der Waals surface area contributed by atoms with Gasteiger partial charge in [-0.3, -0.25) is 4.99 Å². The third-order valence-electron chi connectivity index (χ3n) is 5.75. The molecule has 0 bridgehead atoms. The van der Waals surface area contributed by atoms with Crippen LogP contribution in [0.25, 0.3) is 40.5 Å². The number of allylic oxidation sites excluding steroid dienone is 3. The van der Waals surface area contributed by atoms with Gasteiger partial charge in [0.05, 0.1) is 5.69 Å². The molecule has 0 saturated heterocycles. The lowest BCUT2D eigenvalue weighted by Gasteiger charge is -2.14. The van der Waals surface area contributed by atoms with Crippen LogP contribution in [0, 0.1) is 0 Å². The highest BCUT2D eigenvalue weighted by atomic mass is 14.7. The maximum absolute atomic E-state index is 6.12. The van der Waals surface area contributed by atoms with Gasteiger partial charge in [-0.05, 0) is 46.0 Å². The summed E-state index contributed by atoms with van der Waals surface area (Å²) in [4.78, 5) is 4.43. The van der Waals surface area contributed by atoms with E-state index in [1.807, 2.05) is 54.8 Å². The second kappa shape index (κ2) is 9.37. The van der Waals surface area contributed by atoms with Gasteiger partial charge in [0.25, 0.3) is 0 Å². The fourth-order valence-electron chi connectivity index (χ4n) is 4.20. The van der Waals surface area contributed by atoms with Crippen molar-refractivity contribution in [2.75, 3.05) is 5.73 Å². The summed E-state index contributed by atoms with van der Waals surface area (Å²) in [6.07, 6.45) is 14.2. The predicted octanol–water partition coefficient (Wildman–Crippen LogP) is 8.06. The average Bonchev–Trinajstić information content (AvgIpc) is 2.83. The molecule has 33 heavy (non-hydrogen) atoms. The molecule has 0 fully saturated rings. The molecule has 0 atom stereocenters. The third kappa shape index (κ3) is 4.32. The zero-order valence-electron chi connectivity index (χ0n) is 18.2. The largest absolute Gasteiger partial charge is 0.398 e. The molecule has 1 aliphatic carbocycles. The van der Waals surface area contributed by atoms with Crippen LogP contribution in [-0.2, 0) is 0 Å². The fraction of sp³-hybridized carbons (Fsp3) is 0. The fourth-order valence-corrected chi connectivity index (χ4v) is 4.20. The van der Waals surface area contributed by atoms with Crippen molar-refractivity contribution >= 4 is 35.8 Å². The first-order chi connectivity index (χ1) is 16.3. The molecule has 0 aromatic heterocycles. The molecule has 4 aromatic carbocycles. The van der Waals surface area contributed by atoms with Crippen LogP contribution in [0.4, 0.5) is 11.4 Å². The van der Waals surface area contributed by atoms with Crippen LogP contribution >= 0.6 is 0 Å². The number of anilines is 1. The van der Waals surface area contributed by atoms with E-state index in [0.29, 0.717) is 0 Å². The van der Waals surface area contributed by atoms with Gasteiger partial charge in [-0.25, -0.2) is 0 Å². The summed E-state index contributed by atoms with van der Waals surface area (Å²) in [5.41, 5.74) is 16.3. The van der Waals surface area contributed by atoms with Crippen LogP contribution in [-0.4, -0.2) is 6.21 Å². The van der Waals surface area contributed by atoms with Gasteiger partial charge >= 0.3 is 0 Å². The van der Waals surface area contributed by atoms with Crippen LogP contribution in [0.1, 0.15) is 16.7 Å². The number of nitrogens with two attached hydrogens (primary N) is 1. The minimum atomic E-state index is 0.829. The Hall–Kier alpha value is -4.43. The van der Waals surface area contributed by atoms with E-state index in [2.05, 4.69) is 83.9 Å². The van der Waals surface area contributed by atoms with Gasteiger partial charge in [0.1, 0.15) is 0 Å². The van der Waals surface area contributed by atoms with E-state index in [-0.39, 0.29) is 0 Å². The second-order valence-electron chi connectivity index (χ2n) is 7.86. The number of nitrogens with zero attached hydrogens (tertiary/aromatic N) is 1. The van der Waals surface area contributed by atoms with Crippen LogP contribution in [0.5, 0.6) is 0 Å². The van der Waals surface area contributed by atoms with Crippen molar-refractivity contribution in [3.63, 3.8) is 0 Å². The third-order valence-corrected chi connectivity index (χ3v) is 5.75. The molecule has 6 rings (SSSR count). The normalized spacial score (nSPS) is 12.5. The van der Waals surface area contributed by atoms with E-state index >= 15 is 0 Å². The first-order valence-electron chi connectivity index (χ1n) is 11.0. The Morgan fingerprint density at radius 1 is 0.485 bits per heavy atom. The molecule has 1 heterocycles. The molecule has 2 aliphatic rings. The Bertz CT molecular complexity index is 1370. The second-order valence-corrected chi connectivity index (χ2v) is 7.86. The SMILES string of the molecule is C1=Cc2ccccc2-c2ccccc2N=C1.Nc1cccc2c1-c1ccccc1C=CC=C2. The summed E-state index contributed by atoms with van der Waals surface area (Å²) in [5.74, 6) is 0. The van der Waals surface area contributed by atoms with Crippen LogP contribution < -0.4 is 5.73 Å². The van der Waals surface area contributed by atoms with Gasteiger partial charge in [0.2, 0.25) is 0 Å². The highest BCUT2D eigenvalue weighted by Crippen LogP contribution is 2.35. The number of benzene rings is 4. The number of rotatable bonds is 0. The van der Waals surface area contributed by atoms with Gasteiger partial charge in [0.15, 0.2) is 0 Å². The average molecular weight is 425 g/mol. The Labute approximate surface area is 194 Å². The molecular formula is C31H24N2. The van der Waals surface area contributed by atoms with E-state index in [0.717, 1.165) is 16.9 Å². The first-order valence-corrected chi connectivity index (χ1v) is 11.0. The molecule has 2 heteroatoms. The number of aliphatic imine (C=N–C) groups is 1. The molecule has 0 unspecified atom stereocenters. The molecule has 4 aromatic rings. The summed E-state index contributed by atoms with van der Waals surface area (Å²) < 4.78 is 0. The summed E-state index contributed by atoms with van der Waals surface area (Å²) in [6, 6.07) is 31.0. The van der Waals surface area contributed by atoms with Crippen LogP contribution in [0.15, 0.2) is 114 Å². The van der Waals surface area contributed by atoms with Gasteiger partial charge in [-0.1, -0.05) is 109 Å². The summed E-state index contributed by atoms with van der Waals surface area (Å²) in [5, 5.41) is 0. The number of fused-ring (bicyclic) bond motifs is 6. The van der Waals surface area contributed by atoms with Gasteiger partial charge in [0, 0.05) is 23.0 Å².